The summed E-state index contributed by atoms with van der Waals surface area (Å²) in [5, 5.41) is 13.8. The Morgan fingerprint density at radius 1 is 1.43 bits per heavy atom. The lowest BCUT2D eigenvalue weighted by Crippen LogP contribution is -2.16. The van der Waals surface area contributed by atoms with Crippen molar-refractivity contribution in [3.05, 3.63) is 64.4 Å². The molecule has 0 radical (unpaired) electrons. The van der Waals surface area contributed by atoms with Gasteiger partial charge in [-0.15, -0.1) is 11.3 Å². The predicted molar refractivity (Wildman–Crippen MR) is 80.8 cm³/mol. The van der Waals surface area contributed by atoms with Gasteiger partial charge in [0.05, 0.1) is 17.5 Å². The Labute approximate surface area is 123 Å². The highest BCUT2D eigenvalue weighted by Gasteiger charge is 2.05. The van der Waals surface area contributed by atoms with Crippen LogP contribution in [-0.2, 0) is 0 Å². The highest BCUT2D eigenvalue weighted by atomic mass is 32.1. The van der Waals surface area contributed by atoms with Gasteiger partial charge in [0.15, 0.2) is 4.96 Å². The zero-order chi connectivity index (χ0) is 14.7. The summed E-state index contributed by atoms with van der Waals surface area (Å²) in [6.07, 6.45) is 6.18. The second-order valence-corrected chi connectivity index (χ2v) is 4.93. The van der Waals surface area contributed by atoms with E-state index in [9.17, 15) is 4.79 Å². The summed E-state index contributed by atoms with van der Waals surface area (Å²) in [5.74, 6) is 0. The summed E-state index contributed by atoms with van der Waals surface area (Å²) < 4.78 is 1.45. The number of fused-ring (bicyclic) bond motifs is 1. The molecule has 0 aliphatic carbocycles. The molecule has 0 saturated carbocycles. The van der Waals surface area contributed by atoms with Crippen LogP contribution in [0.2, 0.25) is 0 Å². The number of nitriles is 1. The number of nitrogens with one attached hydrogen (secondary N) is 1. The van der Waals surface area contributed by atoms with Crippen molar-refractivity contribution in [2.75, 3.05) is 5.32 Å². The number of thiazole rings is 1. The fourth-order valence-corrected chi connectivity index (χ4v) is 2.43. The lowest BCUT2D eigenvalue weighted by atomic mass is 10.2. The molecule has 1 N–H and O–H groups in total. The van der Waals surface area contributed by atoms with Gasteiger partial charge in [0.25, 0.3) is 5.56 Å². The number of nitrogens with zero attached hydrogens (tertiary/aromatic N) is 4. The first-order valence-corrected chi connectivity index (χ1v) is 6.90. The van der Waals surface area contributed by atoms with Gasteiger partial charge in [0.2, 0.25) is 0 Å². The van der Waals surface area contributed by atoms with Crippen LogP contribution < -0.4 is 10.9 Å². The molecule has 6 nitrogen and oxygen atoms in total. The molecule has 3 rings (SSSR count). The molecule has 7 heteroatoms. The summed E-state index contributed by atoms with van der Waals surface area (Å²) in [6.45, 7) is 0. The van der Waals surface area contributed by atoms with Crippen LogP contribution in [0.3, 0.4) is 0 Å². The first-order valence-electron chi connectivity index (χ1n) is 6.02. The Balaban J connectivity index is 1.95. The highest BCUT2D eigenvalue weighted by molar-refractivity contribution is 7.15. The van der Waals surface area contributed by atoms with E-state index in [4.69, 9.17) is 5.26 Å². The standard InChI is InChI=1S/C14H9N5OS/c15-7-10(11-3-1-2-4-16-11)8-17-12-9-18-14-19(13(12)20)5-6-21-14/h1-6,8-9,17H/b10-8+. The molecule has 0 aliphatic heterocycles. The van der Waals surface area contributed by atoms with E-state index in [0.29, 0.717) is 21.9 Å². The molecule has 0 aromatic carbocycles. The minimum absolute atomic E-state index is 0.212. The van der Waals surface area contributed by atoms with Crippen molar-refractivity contribution in [1.82, 2.24) is 14.4 Å². The van der Waals surface area contributed by atoms with Gasteiger partial charge in [-0.2, -0.15) is 5.26 Å². The quantitative estimate of drug-likeness (QED) is 0.748. The van der Waals surface area contributed by atoms with Gasteiger partial charge >= 0.3 is 0 Å². The van der Waals surface area contributed by atoms with Gasteiger partial charge < -0.3 is 5.32 Å². The van der Waals surface area contributed by atoms with Gasteiger partial charge in [0, 0.05) is 24.0 Å². The molecule has 0 amide bonds. The Morgan fingerprint density at radius 3 is 3.10 bits per heavy atom. The summed E-state index contributed by atoms with van der Waals surface area (Å²) >= 11 is 1.38. The highest BCUT2D eigenvalue weighted by Crippen LogP contribution is 2.11. The number of pyridine rings is 1. The molecule has 3 aromatic heterocycles. The van der Waals surface area contributed by atoms with Gasteiger partial charge in [0.1, 0.15) is 11.8 Å². The maximum atomic E-state index is 12.2. The second-order valence-electron chi connectivity index (χ2n) is 4.06. The van der Waals surface area contributed by atoms with E-state index in [0.717, 1.165) is 0 Å². The lowest BCUT2D eigenvalue weighted by Gasteiger charge is -2.02. The number of aromatic nitrogens is 3. The van der Waals surface area contributed by atoms with Crippen LogP contribution >= 0.6 is 11.3 Å². The molecule has 0 bridgehead atoms. The smallest absolute Gasteiger partial charge is 0.282 e. The molecule has 0 saturated heterocycles. The Bertz CT molecular complexity index is 904. The van der Waals surface area contributed by atoms with E-state index in [1.807, 2.05) is 6.07 Å². The Kier molecular flexibility index (Phi) is 3.45. The lowest BCUT2D eigenvalue weighted by molar-refractivity contribution is 1.08. The molecule has 102 valence electrons. The largest absolute Gasteiger partial charge is 0.355 e. The molecule has 3 heterocycles. The van der Waals surface area contributed by atoms with Crippen LogP contribution in [-0.4, -0.2) is 14.4 Å². The number of rotatable bonds is 3. The maximum absolute atomic E-state index is 12.2. The van der Waals surface area contributed by atoms with Crippen LogP contribution in [0.5, 0.6) is 0 Å². The van der Waals surface area contributed by atoms with Crippen LogP contribution in [0.1, 0.15) is 5.69 Å². The number of anilines is 1. The Morgan fingerprint density at radius 2 is 2.33 bits per heavy atom. The van der Waals surface area contributed by atoms with Crippen LogP contribution in [0.15, 0.2) is 53.2 Å². The molecule has 0 spiro atoms. The third-order valence-corrected chi connectivity index (χ3v) is 3.55. The van der Waals surface area contributed by atoms with Crippen LogP contribution in [0.4, 0.5) is 5.69 Å². The van der Waals surface area contributed by atoms with Crippen molar-refractivity contribution in [2.45, 2.75) is 0 Å². The van der Waals surface area contributed by atoms with Gasteiger partial charge in [-0.1, -0.05) is 6.07 Å². The zero-order valence-electron chi connectivity index (χ0n) is 10.7. The molecule has 0 unspecified atom stereocenters. The topological polar surface area (TPSA) is 83.1 Å². The molecule has 0 fully saturated rings. The average molecular weight is 295 g/mol. The molecular formula is C14H9N5OS. The monoisotopic (exact) mass is 295 g/mol. The van der Waals surface area contributed by atoms with Gasteiger partial charge in [-0.3, -0.25) is 14.2 Å². The summed E-state index contributed by atoms with van der Waals surface area (Å²) in [7, 11) is 0. The fourth-order valence-electron chi connectivity index (χ4n) is 1.76. The zero-order valence-corrected chi connectivity index (χ0v) is 11.5. The number of hydrogen-bond acceptors (Lipinski definition) is 6. The van der Waals surface area contributed by atoms with E-state index >= 15 is 0 Å². The number of hydrogen-bond donors (Lipinski definition) is 1. The van der Waals surface area contributed by atoms with Gasteiger partial charge in [-0.25, -0.2) is 4.98 Å². The van der Waals surface area contributed by atoms with Crippen molar-refractivity contribution >= 4 is 27.6 Å². The normalized spacial score (nSPS) is 11.3. The van der Waals surface area contributed by atoms with Crippen molar-refractivity contribution in [3.63, 3.8) is 0 Å². The van der Waals surface area contributed by atoms with Crippen molar-refractivity contribution in [3.8, 4) is 6.07 Å². The molecule has 21 heavy (non-hydrogen) atoms. The summed E-state index contributed by atoms with van der Waals surface area (Å²) in [4.78, 5) is 21.1. The molecular weight excluding hydrogens is 286 g/mol. The molecule has 0 atom stereocenters. The van der Waals surface area contributed by atoms with E-state index in [1.165, 1.54) is 28.1 Å². The maximum Gasteiger partial charge on any atom is 0.282 e. The van der Waals surface area contributed by atoms with E-state index in [1.54, 1.807) is 36.0 Å². The van der Waals surface area contributed by atoms with Crippen LogP contribution in [0.25, 0.3) is 10.5 Å². The molecule has 0 aliphatic rings. The van der Waals surface area contributed by atoms with Gasteiger partial charge in [-0.05, 0) is 12.1 Å². The SMILES string of the molecule is N#C/C(=C\Nc1cnc2sccn2c1=O)c1ccccn1. The third-order valence-electron chi connectivity index (χ3n) is 2.78. The summed E-state index contributed by atoms with van der Waals surface area (Å²) in [5.41, 5.74) is 0.966. The third kappa shape index (κ3) is 2.52. The first kappa shape index (κ1) is 13.0. The summed E-state index contributed by atoms with van der Waals surface area (Å²) in [6, 6.07) is 7.34. The van der Waals surface area contributed by atoms with E-state index in [-0.39, 0.29) is 5.56 Å². The van der Waals surface area contributed by atoms with Crippen molar-refractivity contribution in [2.24, 2.45) is 0 Å². The minimum atomic E-state index is -0.212. The second kappa shape index (κ2) is 5.56. The number of allylic oxidation sites excluding steroid dienone is 1. The fraction of sp³-hybridized carbons (Fsp3) is 0. The minimum Gasteiger partial charge on any atom is -0.355 e. The predicted octanol–water partition coefficient (Wildman–Crippen LogP) is 2.13. The van der Waals surface area contributed by atoms with E-state index in [2.05, 4.69) is 15.3 Å². The van der Waals surface area contributed by atoms with E-state index < -0.39 is 0 Å². The average Bonchev–Trinajstić information content (AvgIpc) is 3.00. The molecule has 3 aromatic rings. The Hall–Kier alpha value is -2.98. The van der Waals surface area contributed by atoms with Crippen molar-refractivity contribution in [1.29, 1.82) is 5.26 Å². The first-order chi connectivity index (χ1) is 10.3. The van der Waals surface area contributed by atoms with Crippen LogP contribution in [0, 0.1) is 11.3 Å². The van der Waals surface area contributed by atoms with Crippen molar-refractivity contribution < 1.29 is 0 Å².